The second-order valence-corrected chi connectivity index (χ2v) is 5.96. The molecule has 22 heavy (non-hydrogen) atoms. The van der Waals surface area contributed by atoms with E-state index in [0.29, 0.717) is 11.3 Å². The zero-order chi connectivity index (χ0) is 16.2. The van der Waals surface area contributed by atoms with Crippen molar-refractivity contribution < 1.29 is 14.6 Å². The van der Waals surface area contributed by atoms with Crippen LogP contribution in [0.4, 0.5) is 0 Å². The van der Waals surface area contributed by atoms with Gasteiger partial charge in [0.25, 0.3) is 0 Å². The Morgan fingerprint density at radius 1 is 1.14 bits per heavy atom. The second kappa shape index (κ2) is 6.39. The van der Waals surface area contributed by atoms with E-state index in [1.807, 2.05) is 18.2 Å². The van der Waals surface area contributed by atoms with E-state index in [1.54, 1.807) is 30.5 Å². The first kappa shape index (κ1) is 15.7. The minimum atomic E-state index is -0.542. The SMILES string of the molecule is CC(C)(C)c1ccc(C(=O)ON=C(N)c2cccc[nH+]2)cc1. The van der Waals surface area contributed by atoms with Crippen LogP contribution in [-0.2, 0) is 10.3 Å². The summed E-state index contributed by atoms with van der Waals surface area (Å²) in [6, 6.07) is 12.6. The fraction of sp³-hybridized carbons (Fsp3) is 0.235. The lowest BCUT2D eigenvalue weighted by Gasteiger charge is -2.18. The smallest absolute Gasteiger partial charge is 0.365 e. The highest BCUT2D eigenvalue weighted by atomic mass is 16.7. The molecule has 3 N–H and O–H groups in total. The summed E-state index contributed by atoms with van der Waals surface area (Å²) in [5, 5.41) is 3.66. The van der Waals surface area contributed by atoms with E-state index >= 15 is 0 Å². The molecular formula is C17H20N3O2+. The molecule has 0 bridgehead atoms. The lowest BCUT2D eigenvalue weighted by Crippen LogP contribution is -2.24. The average molecular weight is 298 g/mol. The summed E-state index contributed by atoms with van der Waals surface area (Å²) in [5.74, 6) is -0.431. The molecule has 0 amide bonds. The average Bonchev–Trinajstić information content (AvgIpc) is 2.52. The summed E-state index contributed by atoms with van der Waals surface area (Å²) >= 11 is 0. The minimum Gasteiger partial charge on any atom is -0.375 e. The number of nitrogens with zero attached hydrogens (tertiary/aromatic N) is 1. The lowest BCUT2D eigenvalue weighted by molar-refractivity contribution is -0.380. The molecule has 5 heteroatoms. The fourth-order valence-corrected chi connectivity index (χ4v) is 1.85. The van der Waals surface area contributed by atoms with Gasteiger partial charge in [-0.3, -0.25) is 0 Å². The molecule has 1 aromatic carbocycles. The first-order valence-electron chi connectivity index (χ1n) is 7.00. The van der Waals surface area contributed by atoms with Crippen molar-refractivity contribution in [2.75, 3.05) is 0 Å². The lowest BCUT2D eigenvalue weighted by atomic mass is 9.87. The Hall–Kier alpha value is -2.69. The Morgan fingerprint density at radius 3 is 2.36 bits per heavy atom. The number of rotatable bonds is 3. The zero-order valence-electron chi connectivity index (χ0n) is 13.0. The molecule has 0 aliphatic heterocycles. The molecule has 0 radical (unpaired) electrons. The van der Waals surface area contributed by atoms with Gasteiger partial charge in [-0.25, -0.2) is 9.78 Å². The van der Waals surface area contributed by atoms with Crippen molar-refractivity contribution in [2.24, 2.45) is 10.9 Å². The molecule has 0 saturated heterocycles. The highest BCUT2D eigenvalue weighted by Crippen LogP contribution is 2.22. The molecule has 1 aromatic heterocycles. The van der Waals surface area contributed by atoms with E-state index in [4.69, 9.17) is 10.6 Å². The molecule has 114 valence electrons. The van der Waals surface area contributed by atoms with Gasteiger partial charge in [-0.15, -0.1) is 0 Å². The van der Waals surface area contributed by atoms with Crippen LogP contribution in [0.5, 0.6) is 0 Å². The maximum absolute atomic E-state index is 11.9. The van der Waals surface area contributed by atoms with Crippen molar-refractivity contribution in [1.82, 2.24) is 0 Å². The maximum atomic E-state index is 11.9. The van der Waals surface area contributed by atoms with Crippen molar-refractivity contribution in [1.29, 1.82) is 0 Å². The number of benzene rings is 1. The molecule has 0 spiro atoms. The molecule has 0 aliphatic rings. The van der Waals surface area contributed by atoms with Crippen molar-refractivity contribution in [3.05, 3.63) is 65.5 Å². The third kappa shape index (κ3) is 3.91. The Balaban J connectivity index is 2.07. The molecule has 1 heterocycles. The Labute approximate surface area is 129 Å². The zero-order valence-corrected chi connectivity index (χ0v) is 13.0. The van der Waals surface area contributed by atoms with Gasteiger partial charge in [0.1, 0.15) is 0 Å². The highest BCUT2D eigenvalue weighted by Gasteiger charge is 2.15. The van der Waals surface area contributed by atoms with E-state index in [9.17, 15) is 4.79 Å². The summed E-state index contributed by atoms with van der Waals surface area (Å²) in [6.07, 6.45) is 1.71. The van der Waals surface area contributed by atoms with Crippen LogP contribution in [0, 0.1) is 0 Å². The van der Waals surface area contributed by atoms with Gasteiger partial charge < -0.3 is 10.6 Å². The van der Waals surface area contributed by atoms with E-state index < -0.39 is 5.97 Å². The number of hydrogen-bond acceptors (Lipinski definition) is 3. The molecule has 5 nitrogen and oxygen atoms in total. The molecule has 0 saturated carbocycles. The van der Waals surface area contributed by atoms with Crippen LogP contribution in [0.1, 0.15) is 42.4 Å². The number of carbonyl (C=O) groups excluding carboxylic acids is 1. The van der Waals surface area contributed by atoms with Crippen LogP contribution in [0.2, 0.25) is 0 Å². The van der Waals surface area contributed by atoms with E-state index in [0.717, 1.165) is 5.56 Å². The monoisotopic (exact) mass is 298 g/mol. The molecule has 2 rings (SSSR count). The van der Waals surface area contributed by atoms with Crippen molar-refractivity contribution in [3.8, 4) is 0 Å². The number of aromatic amines is 1. The number of carbonyl (C=O) groups is 1. The minimum absolute atomic E-state index is 0.0359. The third-order valence-corrected chi connectivity index (χ3v) is 3.20. The molecular weight excluding hydrogens is 278 g/mol. The Morgan fingerprint density at radius 2 is 1.82 bits per heavy atom. The van der Waals surface area contributed by atoms with Crippen LogP contribution < -0.4 is 10.7 Å². The largest absolute Gasteiger partial charge is 0.375 e. The van der Waals surface area contributed by atoms with Crippen LogP contribution in [-0.4, -0.2) is 11.8 Å². The number of aromatic nitrogens is 1. The van der Waals surface area contributed by atoms with Crippen molar-refractivity contribution >= 4 is 11.8 Å². The van der Waals surface area contributed by atoms with Crippen molar-refractivity contribution in [3.63, 3.8) is 0 Å². The van der Waals surface area contributed by atoms with Gasteiger partial charge in [0, 0.05) is 12.1 Å². The first-order valence-corrected chi connectivity index (χ1v) is 7.00. The molecule has 0 unspecified atom stereocenters. The predicted molar refractivity (Wildman–Crippen MR) is 84.3 cm³/mol. The topological polar surface area (TPSA) is 78.8 Å². The molecule has 0 aliphatic carbocycles. The first-order chi connectivity index (χ1) is 10.4. The van der Waals surface area contributed by atoms with Gasteiger partial charge in [-0.05, 0) is 29.2 Å². The molecule has 0 atom stereocenters. The van der Waals surface area contributed by atoms with Gasteiger partial charge in [-0.1, -0.05) is 38.1 Å². The number of pyridine rings is 1. The molecule has 2 aromatic rings. The number of nitrogens with two attached hydrogens (primary N) is 1. The maximum Gasteiger partial charge on any atom is 0.365 e. The van der Waals surface area contributed by atoms with Gasteiger partial charge in [-0.2, -0.15) is 0 Å². The van der Waals surface area contributed by atoms with E-state index in [-0.39, 0.29) is 11.3 Å². The van der Waals surface area contributed by atoms with Crippen LogP contribution in [0.3, 0.4) is 0 Å². The van der Waals surface area contributed by atoms with Gasteiger partial charge in [0.2, 0.25) is 11.5 Å². The number of H-pyrrole nitrogens is 1. The summed E-state index contributed by atoms with van der Waals surface area (Å²) in [7, 11) is 0. The van der Waals surface area contributed by atoms with Crippen LogP contribution >= 0.6 is 0 Å². The standard InChI is InChI=1S/C17H19N3O2/c1-17(2,3)13-9-7-12(8-10-13)16(21)22-20-15(18)14-6-4-5-11-19-14/h4-11H,1-3H3,(H2,18,20)/p+1. The van der Waals surface area contributed by atoms with Crippen molar-refractivity contribution in [2.45, 2.75) is 26.2 Å². The Kier molecular flexibility index (Phi) is 4.56. The number of oxime groups is 1. The quantitative estimate of drug-likeness (QED) is 0.408. The van der Waals surface area contributed by atoms with Gasteiger partial charge in [0.05, 0.1) is 5.56 Å². The number of hydrogen-bond donors (Lipinski definition) is 1. The summed E-state index contributed by atoms with van der Waals surface area (Å²) in [6.45, 7) is 6.34. The number of amidine groups is 1. The summed E-state index contributed by atoms with van der Waals surface area (Å²) < 4.78 is 0. The predicted octanol–water partition coefficient (Wildman–Crippen LogP) is 2.28. The Bertz CT molecular complexity index is 671. The highest BCUT2D eigenvalue weighted by molar-refractivity contribution is 5.95. The fourth-order valence-electron chi connectivity index (χ4n) is 1.85. The normalized spacial score (nSPS) is 12.0. The van der Waals surface area contributed by atoms with Crippen LogP contribution in [0.25, 0.3) is 0 Å². The van der Waals surface area contributed by atoms with Gasteiger partial charge >= 0.3 is 5.97 Å². The number of nitrogens with one attached hydrogen (secondary N) is 1. The van der Waals surface area contributed by atoms with Crippen LogP contribution in [0.15, 0.2) is 53.8 Å². The van der Waals surface area contributed by atoms with E-state index in [1.165, 1.54) is 0 Å². The van der Waals surface area contributed by atoms with Gasteiger partial charge in [0.15, 0.2) is 6.20 Å². The summed E-state index contributed by atoms with van der Waals surface area (Å²) in [5.41, 5.74) is 7.94. The third-order valence-electron chi connectivity index (χ3n) is 3.20. The summed E-state index contributed by atoms with van der Waals surface area (Å²) in [4.78, 5) is 19.7. The molecule has 0 fully saturated rings. The van der Waals surface area contributed by atoms with E-state index in [2.05, 4.69) is 30.9 Å². The second-order valence-electron chi connectivity index (χ2n) is 5.96.